The number of oxazole rings is 1. The molecule has 0 unspecified atom stereocenters. The number of rotatable bonds is 8. The van der Waals surface area contributed by atoms with Crippen molar-refractivity contribution in [2.45, 2.75) is 39.3 Å². The Morgan fingerprint density at radius 2 is 1.93 bits per heavy atom. The molecule has 10 heteroatoms. The summed E-state index contributed by atoms with van der Waals surface area (Å²) in [5.41, 5.74) is 1.38. The Bertz CT molecular complexity index is 1270. The van der Waals surface area contributed by atoms with Crippen molar-refractivity contribution in [1.29, 1.82) is 0 Å². The number of hydrogen-bond acceptors (Lipinski definition) is 6. The number of aryl methyl sites for hydroxylation is 1. The van der Waals surface area contributed by atoms with E-state index in [0.29, 0.717) is 37.7 Å². The molecule has 30 heavy (non-hydrogen) atoms. The molecular formula is C20H23ClN6O3. The van der Waals surface area contributed by atoms with Crippen molar-refractivity contribution in [3.8, 4) is 0 Å². The van der Waals surface area contributed by atoms with E-state index in [4.69, 9.17) is 16.0 Å². The minimum Gasteiger partial charge on any atom is -0.423 e. The van der Waals surface area contributed by atoms with E-state index in [1.54, 1.807) is 0 Å². The van der Waals surface area contributed by atoms with E-state index >= 15 is 0 Å². The van der Waals surface area contributed by atoms with Gasteiger partial charge in [-0.15, -0.1) is 0 Å². The monoisotopic (exact) mass is 430 g/mol. The number of nitrogens with zero attached hydrogens (tertiary/aromatic N) is 5. The molecule has 4 aromatic rings. The Hall–Kier alpha value is -3.07. The third kappa shape index (κ3) is 3.72. The number of imidazole rings is 1. The van der Waals surface area contributed by atoms with Gasteiger partial charge in [0, 0.05) is 26.7 Å². The number of H-pyrrole nitrogens is 1. The van der Waals surface area contributed by atoms with Crippen molar-refractivity contribution in [1.82, 2.24) is 24.1 Å². The van der Waals surface area contributed by atoms with Gasteiger partial charge in [0.25, 0.3) is 11.6 Å². The molecule has 0 bridgehead atoms. The number of aromatic amines is 1. The zero-order chi connectivity index (χ0) is 21.3. The SMILES string of the molecule is CCCn1c(=O)n(CCCCN(C)c2nc3ccccc3o2)c(=O)c2[nH]c(Cl)nc21. The number of nitrogens with one attached hydrogen (secondary N) is 1. The smallest absolute Gasteiger partial charge is 0.332 e. The Morgan fingerprint density at radius 3 is 2.70 bits per heavy atom. The zero-order valence-corrected chi connectivity index (χ0v) is 17.6. The van der Waals surface area contributed by atoms with Gasteiger partial charge in [0.15, 0.2) is 16.7 Å². The number of para-hydroxylation sites is 2. The first-order valence-electron chi connectivity index (χ1n) is 9.95. The van der Waals surface area contributed by atoms with Gasteiger partial charge in [-0.25, -0.2) is 4.79 Å². The summed E-state index contributed by atoms with van der Waals surface area (Å²) in [4.78, 5) is 38.9. The Morgan fingerprint density at radius 1 is 1.13 bits per heavy atom. The number of hydrogen-bond donors (Lipinski definition) is 1. The first-order chi connectivity index (χ1) is 14.5. The van der Waals surface area contributed by atoms with Gasteiger partial charge in [0.1, 0.15) is 5.52 Å². The van der Waals surface area contributed by atoms with E-state index in [9.17, 15) is 9.59 Å². The van der Waals surface area contributed by atoms with Crippen molar-refractivity contribution in [3.05, 3.63) is 50.4 Å². The number of fused-ring (bicyclic) bond motifs is 2. The maximum Gasteiger partial charge on any atom is 0.332 e. The Kier molecular flexibility index (Phi) is 5.63. The van der Waals surface area contributed by atoms with Crippen LogP contribution in [0.1, 0.15) is 26.2 Å². The van der Waals surface area contributed by atoms with Crippen molar-refractivity contribution >= 4 is 39.9 Å². The molecule has 3 aromatic heterocycles. The normalized spacial score (nSPS) is 11.6. The van der Waals surface area contributed by atoms with Gasteiger partial charge < -0.3 is 14.3 Å². The molecule has 158 valence electrons. The highest BCUT2D eigenvalue weighted by atomic mass is 35.5. The molecule has 0 aliphatic heterocycles. The van der Waals surface area contributed by atoms with Crippen LogP contribution in [0.2, 0.25) is 5.28 Å². The van der Waals surface area contributed by atoms with Gasteiger partial charge in [-0.3, -0.25) is 13.9 Å². The zero-order valence-electron chi connectivity index (χ0n) is 16.9. The van der Waals surface area contributed by atoms with Gasteiger partial charge in [0.2, 0.25) is 5.28 Å². The average Bonchev–Trinajstić information content (AvgIpc) is 3.34. The molecule has 1 N–H and O–H groups in total. The fraction of sp³-hybridized carbons (Fsp3) is 0.400. The summed E-state index contributed by atoms with van der Waals surface area (Å²) in [5, 5.41) is 0.101. The lowest BCUT2D eigenvalue weighted by molar-refractivity contribution is 0.523. The van der Waals surface area contributed by atoms with Crippen molar-refractivity contribution in [2.75, 3.05) is 18.5 Å². The molecule has 0 aliphatic carbocycles. The minimum atomic E-state index is -0.394. The molecule has 3 heterocycles. The lowest BCUT2D eigenvalue weighted by Crippen LogP contribution is -2.40. The highest BCUT2D eigenvalue weighted by Crippen LogP contribution is 2.20. The quantitative estimate of drug-likeness (QED) is 0.340. The van der Waals surface area contributed by atoms with Gasteiger partial charge in [-0.2, -0.15) is 9.97 Å². The van der Waals surface area contributed by atoms with Crippen molar-refractivity contribution < 1.29 is 4.42 Å². The van der Waals surface area contributed by atoms with Crippen LogP contribution in [-0.4, -0.2) is 37.7 Å². The van der Waals surface area contributed by atoms with Crippen LogP contribution < -0.4 is 16.1 Å². The lowest BCUT2D eigenvalue weighted by Gasteiger charge is -2.14. The second-order valence-corrected chi connectivity index (χ2v) is 7.57. The number of aromatic nitrogens is 5. The summed E-state index contributed by atoms with van der Waals surface area (Å²) in [6.45, 7) is 3.43. The standard InChI is InChI=1S/C20H23ClN6O3/c1-3-10-26-16-15(23-18(21)24-16)17(28)27(20(26)29)12-7-6-11-25(2)19-22-13-8-4-5-9-14(13)30-19/h4-5,8-9H,3,6-7,10-12H2,1-2H3,(H,23,24). The van der Waals surface area contributed by atoms with E-state index in [1.165, 1.54) is 9.13 Å². The first-order valence-corrected chi connectivity index (χ1v) is 10.3. The largest absolute Gasteiger partial charge is 0.423 e. The van der Waals surface area contributed by atoms with Crippen molar-refractivity contribution in [3.63, 3.8) is 0 Å². The van der Waals surface area contributed by atoms with E-state index < -0.39 is 5.56 Å². The van der Waals surface area contributed by atoms with E-state index in [0.717, 1.165) is 23.9 Å². The van der Waals surface area contributed by atoms with Gasteiger partial charge in [-0.05, 0) is 43.0 Å². The molecular weight excluding hydrogens is 408 g/mol. The maximum atomic E-state index is 12.8. The highest BCUT2D eigenvalue weighted by molar-refractivity contribution is 6.28. The van der Waals surface area contributed by atoms with E-state index in [1.807, 2.05) is 43.1 Å². The van der Waals surface area contributed by atoms with Gasteiger partial charge >= 0.3 is 5.69 Å². The van der Waals surface area contributed by atoms with E-state index in [2.05, 4.69) is 15.0 Å². The minimum absolute atomic E-state index is 0.101. The topological polar surface area (TPSA) is 102 Å². The van der Waals surface area contributed by atoms with Gasteiger partial charge in [-0.1, -0.05) is 19.1 Å². The summed E-state index contributed by atoms with van der Waals surface area (Å²) in [5.74, 6) is 0. The molecule has 0 radical (unpaired) electrons. The molecule has 0 saturated carbocycles. The molecule has 0 fully saturated rings. The number of unbranched alkanes of at least 4 members (excludes halogenated alkanes) is 1. The lowest BCUT2D eigenvalue weighted by atomic mass is 10.3. The average molecular weight is 431 g/mol. The third-order valence-electron chi connectivity index (χ3n) is 5.01. The molecule has 0 aliphatic rings. The maximum absolute atomic E-state index is 12.8. The molecule has 0 atom stereocenters. The number of benzene rings is 1. The summed E-state index contributed by atoms with van der Waals surface area (Å²) in [7, 11) is 1.91. The summed E-state index contributed by atoms with van der Waals surface area (Å²) in [6.07, 6.45) is 2.16. The number of anilines is 1. The molecule has 4 rings (SSSR count). The van der Waals surface area contributed by atoms with Crippen LogP contribution in [0.25, 0.3) is 22.3 Å². The van der Waals surface area contributed by atoms with Crippen LogP contribution in [0.4, 0.5) is 6.01 Å². The molecule has 1 aromatic carbocycles. The Labute approximate surface area is 176 Å². The van der Waals surface area contributed by atoms with Crippen LogP contribution in [0, 0.1) is 0 Å². The Balaban J connectivity index is 1.47. The number of halogens is 1. The molecule has 0 saturated heterocycles. The predicted molar refractivity (Wildman–Crippen MR) is 116 cm³/mol. The highest BCUT2D eigenvalue weighted by Gasteiger charge is 2.16. The first kappa shape index (κ1) is 20.2. The second kappa shape index (κ2) is 8.35. The summed E-state index contributed by atoms with van der Waals surface area (Å²) in [6, 6.07) is 8.16. The molecule has 9 nitrogen and oxygen atoms in total. The summed E-state index contributed by atoms with van der Waals surface area (Å²) < 4.78 is 8.52. The van der Waals surface area contributed by atoms with Crippen LogP contribution >= 0.6 is 11.6 Å². The third-order valence-corrected chi connectivity index (χ3v) is 5.19. The molecule has 0 spiro atoms. The van der Waals surface area contributed by atoms with Gasteiger partial charge in [0.05, 0.1) is 0 Å². The van der Waals surface area contributed by atoms with Crippen LogP contribution in [-0.2, 0) is 13.1 Å². The second-order valence-electron chi connectivity index (χ2n) is 7.21. The summed E-state index contributed by atoms with van der Waals surface area (Å²) >= 11 is 5.93. The predicted octanol–water partition coefficient (Wildman–Crippen LogP) is 3.01. The van der Waals surface area contributed by atoms with Crippen LogP contribution in [0.5, 0.6) is 0 Å². The molecule has 0 amide bonds. The van der Waals surface area contributed by atoms with Crippen LogP contribution in [0.3, 0.4) is 0 Å². The van der Waals surface area contributed by atoms with E-state index in [-0.39, 0.29) is 16.5 Å². The fourth-order valence-electron chi connectivity index (χ4n) is 3.50. The fourth-order valence-corrected chi connectivity index (χ4v) is 3.67. The van der Waals surface area contributed by atoms with Crippen LogP contribution in [0.15, 0.2) is 38.3 Å². The van der Waals surface area contributed by atoms with Crippen molar-refractivity contribution in [2.24, 2.45) is 0 Å².